The van der Waals surface area contributed by atoms with E-state index in [1.54, 1.807) is 25.3 Å². The van der Waals surface area contributed by atoms with E-state index in [2.05, 4.69) is 10.0 Å². The number of Topliss-reactive ketones (excluding diaryl/α,β-unsaturated/α-hetero) is 1. The maximum atomic E-state index is 12.7. The number of benzene rings is 2. The molecule has 0 amide bonds. The van der Waals surface area contributed by atoms with Gasteiger partial charge in [-0.1, -0.05) is 53.6 Å². The largest absolute Gasteiger partial charge is 0.496 e. The van der Waals surface area contributed by atoms with Crippen LogP contribution in [0.5, 0.6) is 5.75 Å². The average Bonchev–Trinajstić information content (AvgIpc) is 2.61. The van der Waals surface area contributed by atoms with Crippen LogP contribution >= 0.6 is 0 Å². The highest BCUT2D eigenvalue weighted by Crippen LogP contribution is 2.23. The topological polar surface area (TPSA) is 75.1 Å². The van der Waals surface area contributed by atoms with Gasteiger partial charge >= 0.3 is 0 Å². The van der Waals surface area contributed by atoms with E-state index in [0.29, 0.717) is 23.3 Å². The number of hydrogen-bond donors (Lipinski definition) is 0. The predicted octanol–water partition coefficient (Wildman–Crippen LogP) is 4.66. The Morgan fingerprint density at radius 1 is 1.17 bits per heavy atom. The first-order chi connectivity index (χ1) is 11.3. The molecule has 0 N–H and O–H groups in total. The van der Waals surface area contributed by atoms with Gasteiger partial charge in [0.15, 0.2) is 5.78 Å². The minimum absolute atomic E-state index is 0.0790. The fraction of sp³-hybridized carbons (Fsp3) is 0.167. The normalized spacial score (nSPS) is 10.7. The number of methoxy groups -OCH3 is 1. The van der Waals surface area contributed by atoms with Gasteiger partial charge < -0.3 is 4.74 Å². The van der Waals surface area contributed by atoms with Crippen molar-refractivity contribution in [3.05, 3.63) is 81.7 Å². The van der Waals surface area contributed by atoms with Crippen molar-refractivity contribution in [1.82, 2.24) is 0 Å². The molecule has 5 nitrogen and oxygen atoms in total. The van der Waals surface area contributed by atoms with Crippen LogP contribution in [-0.2, 0) is 0 Å². The van der Waals surface area contributed by atoms with Crippen LogP contribution in [0.1, 0.15) is 22.3 Å². The van der Waals surface area contributed by atoms with E-state index in [1.807, 2.05) is 42.5 Å². The summed E-state index contributed by atoms with van der Waals surface area (Å²) in [5.74, 6) is 0.610. The fourth-order valence-electron chi connectivity index (χ4n) is 2.21. The molecule has 116 valence electrons. The summed E-state index contributed by atoms with van der Waals surface area (Å²) in [6, 6.07) is 16.5. The first-order valence-electron chi connectivity index (χ1n) is 7.20. The van der Waals surface area contributed by atoms with E-state index >= 15 is 0 Å². The number of ether oxygens (including phenoxy) is 1. The zero-order valence-electron chi connectivity index (χ0n) is 12.8. The summed E-state index contributed by atoms with van der Waals surface area (Å²) in [6.07, 6.45) is 2.16. The second-order valence-electron chi connectivity index (χ2n) is 4.81. The Kier molecular flexibility index (Phi) is 5.98. The zero-order chi connectivity index (χ0) is 16.5. The molecule has 0 unspecified atom stereocenters. The van der Waals surface area contributed by atoms with Gasteiger partial charge in [0.2, 0.25) is 0 Å². The van der Waals surface area contributed by atoms with Crippen molar-refractivity contribution in [2.45, 2.75) is 6.42 Å². The predicted molar refractivity (Wildman–Crippen MR) is 90.4 cm³/mol. The number of carbonyl (C=O) groups is 1. The molecule has 2 aromatic carbocycles. The van der Waals surface area contributed by atoms with Crippen molar-refractivity contribution >= 4 is 11.9 Å². The van der Waals surface area contributed by atoms with E-state index in [1.165, 1.54) is 0 Å². The van der Waals surface area contributed by atoms with Crippen LogP contribution in [0.3, 0.4) is 0 Å². The van der Waals surface area contributed by atoms with E-state index < -0.39 is 0 Å². The van der Waals surface area contributed by atoms with Crippen LogP contribution in [0.4, 0.5) is 0 Å². The number of para-hydroxylation sites is 1. The van der Waals surface area contributed by atoms with Crippen molar-refractivity contribution in [3.63, 3.8) is 0 Å². The lowest BCUT2D eigenvalue weighted by Crippen LogP contribution is -2.05. The van der Waals surface area contributed by atoms with Gasteiger partial charge in [-0.3, -0.25) is 4.79 Å². The van der Waals surface area contributed by atoms with Crippen molar-refractivity contribution in [3.8, 4) is 5.75 Å². The molecule has 0 bridgehead atoms. The molecule has 0 radical (unpaired) electrons. The van der Waals surface area contributed by atoms with Gasteiger partial charge in [-0.2, -0.15) is 0 Å². The van der Waals surface area contributed by atoms with Crippen molar-refractivity contribution in [1.29, 1.82) is 0 Å². The Morgan fingerprint density at radius 2 is 1.87 bits per heavy atom. The van der Waals surface area contributed by atoms with Crippen molar-refractivity contribution in [2.75, 3.05) is 13.7 Å². The molecule has 0 spiro atoms. The van der Waals surface area contributed by atoms with E-state index in [-0.39, 0.29) is 12.3 Å². The van der Waals surface area contributed by atoms with Gasteiger partial charge in [0.05, 0.1) is 7.11 Å². The summed E-state index contributed by atoms with van der Waals surface area (Å²) in [6.45, 7) is 0.232. The molecule has 0 fully saturated rings. The SMILES string of the molecule is COc1ccccc1/C=C(\CCN=[N+]=[N-])C(=O)c1ccccc1. The van der Waals surface area contributed by atoms with Gasteiger partial charge in [0.1, 0.15) is 5.75 Å². The number of hydrogen-bond acceptors (Lipinski definition) is 3. The lowest BCUT2D eigenvalue weighted by molar-refractivity contribution is 0.103. The Labute approximate surface area is 134 Å². The van der Waals surface area contributed by atoms with Gasteiger partial charge in [0.25, 0.3) is 0 Å². The number of ketones is 1. The Bertz CT molecular complexity index is 748. The van der Waals surface area contributed by atoms with Gasteiger partial charge in [-0.25, -0.2) is 0 Å². The first kappa shape index (κ1) is 16.3. The van der Waals surface area contributed by atoms with Gasteiger partial charge in [-0.05, 0) is 24.1 Å². The molecule has 0 heterocycles. The van der Waals surface area contributed by atoms with Crippen LogP contribution < -0.4 is 4.74 Å². The maximum Gasteiger partial charge on any atom is 0.189 e. The lowest BCUT2D eigenvalue weighted by atomic mass is 9.98. The number of azide groups is 1. The highest BCUT2D eigenvalue weighted by molar-refractivity contribution is 6.11. The second-order valence-corrected chi connectivity index (χ2v) is 4.81. The standard InChI is InChI=1S/C18H17N3O2/c1-23-17-10-6-5-9-15(17)13-16(11-12-20-21-19)18(22)14-7-3-2-4-8-14/h2-10,13H,11-12H2,1H3/b16-13+. The van der Waals surface area contributed by atoms with Gasteiger partial charge in [-0.15, -0.1) is 0 Å². The van der Waals surface area contributed by atoms with E-state index in [9.17, 15) is 4.79 Å². The molecule has 0 aromatic heterocycles. The molecule has 2 rings (SSSR count). The molecule has 0 aliphatic rings. The molecule has 0 saturated heterocycles. The Balaban J connectivity index is 2.39. The second kappa shape index (κ2) is 8.41. The highest BCUT2D eigenvalue weighted by atomic mass is 16.5. The number of nitrogens with zero attached hydrogens (tertiary/aromatic N) is 3. The Morgan fingerprint density at radius 3 is 2.57 bits per heavy atom. The van der Waals surface area contributed by atoms with Crippen LogP contribution in [0.2, 0.25) is 0 Å². The summed E-state index contributed by atoms with van der Waals surface area (Å²) in [7, 11) is 1.59. The molecular weight excluding hydrogens is 290 g/mol. The monoisotopic (exact) mass is 307 g/mol. The molecule has 5 heteroatoms. The Hall–Kier alpha value is -3.04. The smallest absolute Gasteiger partial charge is 0.189 e. The summed E-state index contributed by atoms with van der Waals surface area (Å²) in [5, 5.41) is 3.53. The lowest BCUT2D eigenvalue weighted by Gasteiger charge is -2.08. The summed E-state index contributed by atoms with van der Waals surface area (Å²) in [5.41, 5.74) is 10.4. The average molecular weight is 307 g/mol. The van der Waals surface area contributed by atoms with Crippen LogP contribution in [-0.4, -0.2) is 19.4 Å². The quantitative estimate of drug-likeness (QED) is 0.245. The van der Waals surface area contributed by atoms with Crippen LogP contribution in [0, 0.1) is 0 Å². The van der Waals surface area contributed by atoms with Crippen molar-refractivity contribution in [2.24, 2.45) is 5.11 Å². The fourth-order valence-corrected chi connectivity index (χ4v) is 2.21. The van der Waals surface area contributed by atoms with Gasteiger partial charge in [0, 0.05) is 28.2 Å². The summed E-state index contributed by atoms with van der Waals surface area (Å²) < 4.78 is 5.32. The molecule has 0 saturated carbocycles. The van der Waals surface area contributed by atoms with Crippen LogP contribution in [0.15, 0.2) is 65.3 Å². The third-order valence-corrected chi connectivity index (χ3v) is 3.34. The molecule has 0 atom stereocenters. The number of carbonyl (C=O) groups excluding carboxylic acids is 1. The van der Waals surface area contributed by atoms with E-state index in [4.69, 9.17) is 10.3 Å². The van der Waals surface area contributed by atoms with E-state index in [0.717, 1.165) is 5.56 Å². The minimum atomic E-state index is -0.0790. The third-order valence-electron chi connectivity index (χ3n) is 3.34. The van der Waals surface area contributed by atoms with Crippen molar-refractivity contribution < 1.29 is 9.53 Å². The maximum absolute atomic E-state index is 12.7. The van der Waals surface area contributed by atoms with Crippen LogP contribution in [0.25, 0.3) is 16.5 Å². The highest BCUT2D eigenvalue weighted by Gasteiger charge is 2.12. The molecular formula is C18H17N3O2. The minimum Gasteiger partial charge on any atom is -0.496 e. The molecule has 0 aliphatic carbocycles. The summed E-state index contributed by atoms with van der Waals surface area (Å²) in [4.78, 5) is 15.4. The molecule has 23 heavy (non-hydrogen) atoms. The summed E-state index contributed by atoms with van der Waals surface area (Å²) >= 11 is 0. The third kappa shape index (κ3) is 4.46. The number of rotatable bonds is 7. The molecule has 0 aliphatic heterocycles. The first-order valence-corrected chi connectivity index (χ1v) is 7.20. The zero-order valence-corrected chi connectivity index (χ0v) is 12.8. The molecule has 2 aromatic rings.